The molecule has 0 unspecified atom stereocenters. The lowest BCUT2D eigenvalue weighted by atomic mass is 9.78. The van der Waals surface area contributed by atoms with Crippen molar-refractivity contribution < 1.29 is 20.4 Å². The molecule has 16 aromatic carbocycles. The van der Waals surface area contributed by atoms with Gasteiger partial charge < -0.3 is 20.4 Å². The average molecular weight is 1450 g/mol. The lowest BCUT2D eigenvalue weighted by Crippen LogP contribution is -2.15. The van der Waals surface area contributed by atoms with Gasteiger partial charge in [-0.2, -0.15) is 0 Å². The van der Waals surface area contributed by atoms with E-state index in [0.717, 1.165) is 51.4 Å². The van der Waals surface area contributed by atoms with E-state index in [9.17, 15) is 20.4 Å². The molecule has 20 rings (SSSR count). The van der Waals surface area contributed by atoms with Gasteiger partial charge in [0, 0.05) is 21.7 Å². The number of phenolic OH excluding ortho intramolecular Hbond substituents is 4. The highest BCUT2D eigenvalue weighted by atomic mass is 16.3. The number of aromatic hydroxyl groups is 4. The Morgan fingerprint density at radius 2 is 0.393 bits per heavy atom. The molecule has 0 aliphatic heterocycles. The van der Waals surface area contributed by atoms with Gasteiger partial charge in [0.05, 0.1) is 0 Å². The molecule has 4 aliphatic rings. The maximum atomic E-state index is 10.2. The molecule has 0 spiro atoms. The van der Waals surface area contributed by atoms with E-state index in [4.69, 9.17) is 0 Å². The van der Waals surface area contributed by atoms with Gasteiger partial charge in [-0.25, -0.2) is 0 Å². The summed E-state index contributed by atoms with van der Waals surface area (Å²) in [6, 6.07) is 103. The summed E-state index contributed by atoms with van der Waals surface area (Å²) in [7, 11) is 0. The smallest absolute Gasteiger partial charge is 0.115 e. The Morgan fingerprint density at radius 3 is 0.661 bits per heavy atom. The molecule has 0 saturated heterocycles. The van der Waals surface area contributed by atoms with Gasteiger partial charge in [0.2, 0.25) is 0 Å². The van der Waals surface area contributed by atoms with Crippen LogP contribution in [-0.2, 0) is 60.2 Å². The Balaban J connectivity index is 0.764. The Kier molecular flexibility index (Phi) is 15.8. The fourth-order valence-electron chi connectivity index (χ4n) is 20.3. The minimum atomic E-state index is -0.292. The van der Waals surface area contributed by atoms with E-state index in [1.165, 1.54) is 210 Å². The minimum absolute atomic E-state index is 0.263. The number of rotatable bonds is 16. The average Bonchev–Trinajstić information content (AvgIpc) is 0.913. The van der Waals surface area contributed by atoms with Crippen molar-refractivity contribution in [2.75, 3.05) is 0 Å². The van der Waals surface area contributed by atoms with E-state index in [0.29, 0.717) is 11.5 Å². The van der Waals surface area contributed by atoms with Crippen molar-refractivity contribution >= 4 is 32.3 Å². The summed E-state index contributed by atoms with van der Waals surface area (Å²) in [5, 5.41) is 47.8. The van der Waals surface area contributed by atoms with Crippen LogP contribution in [0.2, 0.25) is 0 Å². The van der Waals surface area contributed by atoms with Gasteiger partial charge in [-0.15, -0.1) is 0 Å². The van der Waals surface area contributed by atoms with E-state index in [1.54, 1.807) is 48.5 Å². The Hall–Kier alpha value is -12.2. The van der Waals surface area contributed by atoms with Crippen LogP contribution in [0, 0.1) is 0 Å². The number of hydrogen-bond donors (Lipinski definition) is 4. The molecule has 112 heavy (non-hydrogen) atoms. The predicted molar refractivity (Wildman–Crippen MR) is 464 cm³/mol. The van der Waals surface area contributed by atoms with Gasteiger partial charge in [-0.1, -0.05) is 250 Å². The number of aryl methyl sites for hydroxylation is 4. The minimum Gasteiger partial charge on any atom is -0.508 e. The predicted octanol–water partition coefficient (Wildman–Crippen LogP) is 26.8. The zero-order valence-corrected chi connectivity index (χ0v) is 65.0. The van der Waals surface area contributed by atoms with Crippen molar-refractivity contribution in [1.29, 1.82) is 0 Å². The molecule has 0 radical (unpaired) electrons. The van der Waals surface area contributed by atoms with Crippen LogP contribution in [0.3, 0.4) is 0 Å². The molecule has 546 valence electrons. The van der Waals surface area contributed by atoms with E-state index in [-0.39, 0.29) is 33.2 Å². The molecule has 0 saturated carbocycles. The van der Waals surface area contributed by atoms with Crippen molar-refractivity contribution in [3.8, 4) is 112 Å². The van der Waals surface area contributed by atoms with E-state index >= 15 is 0 Å². The fourth-order valence-corrected chi connectivity index (χ4v) is 20.3. The summed E-state index contributed by atoms with van der Waals surface area (Å²) in [6.45, 7) is 19.3. The van der Waals surface area contributed by atoms with Gasteiger partial charge in [-0.05, 0) is 347 Å². The van der Waals surface area contributed by atoms with Gasteiger partial charge in [-0.3, -0.25) is 0 Å². The lowest BCUT2D eigenvalue weighted by molar-refractivity contribution is 0.474. The standard InChI is InChI=1S/C108H90O4/c1-105(2)95-53-65(13-9-11-63-15-31-75(109)32-16-63)23-39-79(95)83-43-27-71(57-99(83)105)91-61-92(72-28-44-84-80-40-24-66(54-96(80)106(3,4)100(84)58-72)14-10-12-64-17-33-76(110)34-18-64)88-48-50-90-94(74-30-46-86-82-42-26-70(52-68-21-37-78(112)38-22-68)56-98(82)108(7,8)102(86)60-74)62-93(89-49-47-87(91)103(88)104(89)90)73-29-45-85-81-41-25-69(51-67-19-35-77(111)36-20-67)55-97(81)107(5,6)101(85)59-73/h15-50,53-62,109-112H,9-14,51-52H2,1-8H3. The van der Waals surface area contributed by atoms with Gasteiger partial charge in [0.25, 0.3) is 0 Å². The molecule has 0 bridgehead atoms. The highest BCUT2D eigenvalue weighted by Gasteiger charge is 2.41. The van der Waals surface area contributed by atoms with Gasteiger partial charge in [0.1, 0.15) is 23.0 Å². The first-order valence-corrected chi connectivity index (χ1v) is 40.1. The second-order valence-corrected chi connectivity index (χ2v) is 34.8. The third kappa shape index (κ3) is 11.2. The summed E-state index contributed by atoms with van der Waals surface area (Å²) in [4.78, 5) is 0. The van der Waals surface area contributed by atoms with Crippen LogP contribution in [0.25, 0.3) is 121 Å². The summed E-state index contributed by atoms with van der Waals surface area (Å²) in [5.41, 5.74) is 39.8. The molecule has 0 aromatic heterocycles. The monoisotopic (exact) mass is 1450 g/mol. The molecule has 0 fully saturated rings. The van der Waals surface area contributed by atoms with Crippen molar-refractivity contribution in [2.45, 2.75) is 128 Å². The highest BCUT2D eigenvalue weighted by Crippen LogP contribution is 2.58. The first-order chi connectivity index (χ1) is 54.1. The largest absolute Gasteiger partial charge is 0.508 e. The molecule has 4 nitrogen and oxygen atoms in total. The van der Waals surface area contributed by atoms with Crippen LogP contribution in [0.1, 0.15) is 157 Å². The molecule has 4 heteroatoms. The van der Waals surface area contributed by atoms with E-state index in [1.807, 2.05) is 48.5 Å². The van der Waals surface area contributed by atoms with Crippen molar-refractivity contribution in [3.63, 3.8) is 0 Å². The molecular weight excluding hydrogens is 1360 g/mol. The van der Waals surface area contributed by atoms with E-state index < -0.39 is 0 Å². The maximum absolute atomic E-state index is 10.2. The summed E-state index contributed by atoms with van der Waals surface area (Å²) in [6.07, 6.45) is 7.48. The third-order valence-corrected chi connectivity index (χ3v) is 26.5. The first-order valence-electron chi connectivity index (χ1n) is 40.1. The zero-order chi connectivity index (χ0) is 76.4. The molecular formula is C108H90O4. The van der Waals surface area contributed by atoms with Gasteiger partial charge in [0.15, 0.2) is 0 Å². The number of benzene rings is 16. The van der Waals surface area contributed by atoms with Crippen LogP contribution >= 0.6 is 0 Å². The Bertz CT molecular complexity index is 6170. The third-order valence-electron chi connectivity index (χ3n) is 26.5. The quantitative estimate of drug-likeness (QED) is 0.0727. The topological polar surface area (TPSA) is 80.9 Å². The van der Waals surface area contributed by atoms with Crippen molar-refractivity contribution in [1.82, 2.24) is 0 Å². The van der Waals surface area contributed by atoms with Crippen molar-refractivity contribution in [3.05, 3.63) is 368 Å². The molecule has 16 aromatic rings. The molecule has 4 aliphatic carbocycles. The molecule has 4 N–H and O–H groups in total. The normalized spacial score (nSPS) is 14.6. The zero-order valence-electron chi connectivity index (χ0n) is 65.0. The second-order valence-electron chi connectivity index (χ2n) is 34.8. The molecule has 0 heterocycles. The maximum Gasteiger partial charge on any atom is 0.115 e. The Labute approximate surface area is 657 Å². The number of fused-ring (bicyclic) bond motifs is 12. The van der Waals surface area contributed by atoms with Crippen LogP contribution < -0.4 is 0 Å². The molecule has 0 amide bonds. The first kappa shape index (κ1) is 69.0. The van der Waals surface area contributed by atoms with E-state index in [2.05, 4.69) is 237 Å². The summed E-state index contributed by atoms with van der Waals surface area (Å²) < 4.78 is 0. The fraction of sp³-hybridized carbons (Fsp3) is 0.185. The van der Waals surface area contributed by atoms with Crippen LogP contribution in [-0.4, -0.2) is 20.4 Å². The van der Waals surface area contributed by atoms with Crippen LogP contribution in [0.15, 0.2) is 279 Å². The summed E-state index contributed by atoms with van der Waals surface area (Å²) >= 11 is 0. The summed E-state index contributed by atoms with van der Waals surface area (Å²) in [5.74, 6) is 1.17. The van der Waals surface area contributed by atoms with Gasteiger partial charge >= 0.3 is 0 Å². The highest BCUT2D eigenvalue weighted by molar-refractivity contribution is 6.32. The SMILES string of the molecule is CC1(C)c2cc(CCCc3ccc(O)cc3)ccc2-c2ccc(-c3cc(-c4ccc5c(c4)C(C)(C)c4cc(CCCc6ccc(O)cc6)ccc4-5)c4ccc5c(-c6ccc7c(c6)C(C)(C)c6cc(Cc8ccc(O)cc8)ccc6-7)cc(-c6ccc7c(c6)C(C)(C)c6cc(Cc8ccc(O)cc8)ccc6-7)c6ccc3c4c65)cc21. The van der Waals surface area contributed by atoms with Crippen molar-refractivity contribution in [2.24, 2.45) is 0 Å². The number of hydrogen-bond acceptors (Lipinski definition) is 4. The number of phenols is 4. The second kappa shape index (κ2) is 25.7. The van der Waals surface area contributed by atoms with Crippen LogP contribution in [0.4, 0.5) is 0 Å². The Morgan fingerprint density at radius 1 is 0.188 bits per heavy atom. The van der Waals surface area contributed by atoms with Crippen LogP contribution in [0.5, 0.6) is 23.0 Å². The molecule has 0 atom stereocenters. The lowest BCUT2D eigenvalue weighted by Gasteiger charge is -2.25.